The number of carbonyl (C=O) groups is 1. The molecular formula is C15H19NO3. The van der Waals surface area contributed by atoms with Gasteiger partial charge in [0.25, 0.3) is 5.91 Å². The summed E-state index contributed by atoms with van der Waals surface area (Å²) in [5.41, 5.74) is 1.97. The fourth-order valence-electron chi connectivity index (χ4n) is 2.97. The number of amides is 1. The summed E-state index contributed by atoms with van der Waals surface area (Å²) in [6, 6.07) is 5.67. The molecule has 2 heterocycles. The summed E-state index contributed by atoms with van der Waals surface area (Å²) in [5, 5.41) is 13.3. The molecule has 2 atom stereocenters. The number of aliphatic hydroxyl groups excluding tert-OH is 1. The minimum Gasteiger partial charge on any atom is -0.385 e. The molecular weight excluding hydrogens is 242 g/mol. The molecule has 2 unspecified atom stereocenters. The molecule has 4 nitrogen and oxygen atoms in total. The molecule has 0 radical (unpaired) electrons. The average Bonchev–Trinajstić information content (AvgIpc) is 2.86. The van der Waals surface area contributed by atoms with E-state index in [1.807, 2.05) is 19.1 Å². The second kappa shape index (κ2) is 4.62. The summed E-state index contributed by atoms with van der Waals surface area (Å²) in [6.07, 6.45) is 1.98. The van der Waals surface area contributed by atoms with E-state index in [1.165, 1.54) is 0 Å². The lowest BCUT2D eigenvalue weighted by molar-refractivity contribution is -0.0796. The van der Waals surface area contributed by atoms with Crippen molar-refractivity contribution in [1.29, 1.82) is 0 Å². The van der Waals surface area contributed by atoms with Crippen molar-refractivity contribution < 1.29 is 14.6 Å². The minimum atomic E-state index is -0.685. The van der Waals surface area contributed by atoms with Gasteiger partial charge < -0.3 is 15.2 Å². The number of benzene rings is 1. The molecule has 0 aliphatic carbocycles. The first-order chi connectivity index (χ1) is 9.10. The van der Waals surface area contributed by atoms with Crippen LogP contribution in [0.4, 0.5) is 0 Å². The summed E-state index contributed by atoms with van der Waals surface area (Å²) >= 11 is 0. The third-order valence-electron chi connectivity index (χ3n) is 4.20. The van der Waals surface area contributed by atoms with Gasteiger partial charge in [-0.25, -0.2) is 0 Å². The summed E-state index contributed by atoms with van der Waals surface area (Å²) in [6.45, 7) is 3.32. The molecule has 1 aromatic carbocycles. The molecule has 102 valence electrons. The maximum atomic E-state index is 11.8. The minimum absolute atomic E-state index is 0.0483. The van der Waals surface area contributed by atoms with Gasteiger partial charge in [0.2, 0.25) is 0 Å². The molecule has 2 aliphatic rings. The average molecular weight is 261 g/mol. The van der Waals surface area contributed by atoms with E-state index in [0.29, 0.717) is 18.7 Å². The van der Waals surface area contributed by atoms with E-state index >= 15 is 0 Å². The number of hydrogen-bond acceptors (Lipinski definition) is 3. The topological polar surface area (TPSA) is 58.6 Å². The normalized spacial score (nSPS) is 27.8. The van der Waals surface area contributed by atoms with Crippen LogP contribution < -0.4 is 5.32 Å². The third-order valence-corrected chi connectivity index (χ3v) is 4.20. The van der Waals surface area contributed by atoms with Gasteiger partial charge in [-0.2, -0.15) is 0 Å². The molecule has 1 aromatic rings. The van der Waals surface area contributed by atoms with Crippen LogP contribution in [0.5, 0.6) is 0 Å². The predicted molar refractivity (Wildman–Crippen MR) is 71.0 cm³/mol. The van der Waals surface area contributed by atoms with Gasteiger partial charge in [-0.3, -0.25) is 4.79 Å². The molecule has 2 aliphatic heterocycles. The smallest absolute Gasteiger partial charge is 0.251 e. The van der Waals surface area contributed by atoms with Crippen molar-refractivity contribution >= 4 is 5.91 Å². The van der Waals surface area contributed by atoms with E-state index in [0.717, 1.165) is 30.4 Å². The number of fused-ring (bicyclic) bond motifs is 1. The predicted octanol–water partition coefficient (Wildman–Crippen LogP) is 1.57. The van der Waals surface area contributed by atoms with Gasteiger partial charge in [0.1, 0.15) is 6.10 Å². The molecule has 2 N–H and O–H groups in total. The summed E-state index contributed by atoms with van der Waals surface area (Å²) < 4.78 is 5.68. The zero-order valence-electron chi connectivity index (χ0n) is 11.1. The van der Waals surface area contributed by atoms with Crippen molar-refractivity contribution in [3.8, 4) is 0 Å². The molecule has 4 heteroatoms. The maximum absolute atomic E-state index is 11.8. The van der Waals surface area contributed by atoms with Gasteiger partial charge in [-0.1, -0.05) is 12.1 Å². The van der Waals surface area contributed by atoms with Crippen molar-refractivity contribution in [3.05, 3.63) is 34.9 Å². The Labute approximate surface area is 112 Å². The Morgan fingerprint density at radius 2 is 2.32 bits per heavy atom. The van der Waals surface area contributed by atoms with E-state index in [4.69, 9.17) is 4.74 Å². The molecule has 3 rings (SSSR count). The van der Waals surface area contributed by atoms with E-state index in [-0.39, 0.29) is 5.91 Å². The second-order valence-electron chi connectivity index (χ2n) is 5.59. The largest absolute Gasteiger partial charge is 0.385 e. The summed E-state index contributed by atoms with van der Waals surface area (Å²) in [5.74, 6) is -0.0483. The molecule has 0 saturated carbocycles. The molecule has 0 bridgehead atoms. The Hall–Kier alpha value is -1.39. The van der Waals surface area contributed by atoms with Crippen LogP contribution in [0.2, 0.25) is 0 Å². The van der Waals surface area contributed by atoms with Crippen molar-refractivity contribution in [1.82, 2.24) is 5.32 Å². The molecule has 0 aromatic heterocycles. The van der Waals surface area contributed by atoms with Crippen LogP contribution in [0.1, 0.15) is 47.4 Å². The monoisotopic (exact) mass is 261 g/mol. The van der Waals surface area contributed by atoms with Gasteiger partial charge >= 0.3 is 0 Å². The van der Waals surface area contributed by atoms with E-state index in [9.17, 15) is 9.90 Å². The van der Waals surface area contributed by atoms with Crippen LogP contribution in [0.25, 0.3) is 0 Å². The zero-order chi connectivity index (χ0) is 13.5. The maximum Gasteiger partial charge on any atom is 0.251 e. The SMILES string of the molecule is CC1(C(O)c2ccc3c(c2)C(=O)NCC3)CCCO1. The number of rotatable bonds is 2. The van der Waals surface area contributed by atoms with Crippen molar-refractivity contribution in [2.45, 2.75) is 37.9 Å². The van der Waals surface area contributed by atoms with Gasteiger partial charge in [0.05, 0.1) is 5.60 Å². The lowest BCUT2D eigenvalue weighted by Gasteiger charge is -2.30. The quantitative estimate of drug-likeness (QED) is 0.849. The van der Waals surface area contributed by atoms with Crippen LogP contribution in [0.15, 0.2) is 18.2 Å². The Morgan fingerprint density at radius 3 is 3.05 bits per heavy atom. The summed E-state index contributed by atoms with van der Waals surface area (Å²) in [4.78, 5) is 11.8. The first-order valence-electron chi connectivity index (χ1n) is 6.83. The highest BCUT2D eigenvalue weighted by molar-refractivity contribution is 5.96. The Kier molecular flexibility index (Phi) is 3.07. The first kappa shape index (κ1) is 12.6. The highest BCUT2D eigenvalue weighted by Crippen LogP contribution is 2.37. The fourth-order valence-corrected chi connectivity index (χ4v) is 2.97. The molecule has 1 fully saturated rings. The highest BCUT2D eigenvalue weighted by atomic mass is 16.5. The van der Waals surface area contributed by atoms with Crippen LogP contribution in [0, 0.1) is 0 Å². The first-order valence-corrected chi connectivity index (χ1v) is 6.83. The number of carbonyl (C=O) groups excluding carboxylic acids is 1. The third kappa shape index (κ3) is 2.15. The molecule has 1 saturated heterocycles. The van der Waals surface area contributed by atoms with Crippen molar-refractivity contribution in [3.63, 3.8) is 0 Å². The number of ether oxygens (including phenoxy) is 1. The molecule has 1 amide bonds. The lowest BCUT2D eigenvalue weighted by atomic mass is 9.87. The fraction of sp³-hybridized carbons (Fsp3) is 0.533. The van der Waals surface area contributed by atoms with Gasteiger partial charge in [0.15, 0.2) is 0 Å². The number of aliphatic hydroxyl groups is 1. The number of nitrogens with one attached hydrogen (secondary N) is 1. The Bertz CT molecular complexity index is 506. The van der Waals surface area contributed by atoms with Crippen molar-refractivity contribution in [2.75, 3.05) is 13.2 Å². The summed E-state index contributed by atoms with van der Waals surface area (Å²) in [7, 11) is 0. The number of hydrogen-bond donors (Lipinski definition) is 2. The van der Waals surface area contributed by atoms with Gasteiger partial charge in [-0.05, 0) is 43.4 Å². The van der Waals surface area contributed by atoms with E-state index in [2.05, 4.69) is 5.32 Å². The van der Waals surface area contributed by atoms with Gasteiger partial charge in [-0.15, -0.1) is 0 Å². The van der Waals surface area contributed by atoms with Crippen LogP contribution in [-0.4, -0.2) is 29.8 Å². The van der Waals surface area contributed by atoms with Crippen LogP contribution in [0.3, 0.4) is 0 Å². The zero-order valence-corrected chi connectivity index (χ0v) is 11.1. The molecule has 19 heavy (non-hydrogen) atoms. The van der Waals surface area contributed by atoms with Crippen LogP contribution in [-0.2, 0) is 11.2 Å². The van der Waals surface area contributed by atoms with Crippen molar-refractivity contribution in [2.24, 2.45) is 0 Å². The van der Waals surface area contributed by atoms with E-state index in [1.54, 1.807) is 6.07 Å². The Balaban J connectivity index is 1.93. The van der Waals surface area contributed by atoms with Gasteiger partial charge in [0, 0.05) is 18.7 Å². The second-order valence-corrected chi connectivity index (χ2v) is 5.59. The lowest BCUT2D eigenvalue weighted by Crippen LogP contribution is -2.34. The van der Waals surface area contributed by atoms with Crippen LogP contribution >= 0.6 is 0 Å². The highest BCUT2D eigenvalue weighted by Gasteiger charge is 2.38. The molecule has 0 spiro atoms. The van der Waals surface area contributed by atoms with E-state index < -0.39 is 11.7 Å². The standard InChI is InChI=1S/C15H19NO3/c1-15(6-2-8-19-15)13(17)11-4-3-10-5-7-16-14(18)12(10)9-11/h3-4,9,13,17H,2,5-8H2,1H3,(H,16,18). The Morgan fingerprint density at radius 1 is 1.47 bits per heavy atom.